The van der Waals surface area contributed by atoms with Gasteiger partial charge in [0.1, 0.15) is 24.7 Å². The zero-order chi connectivity index (χ0) is 24.2. The number of aromatic nitrogens is 3. The molecule has 1 aliphatic heterocycles. The average molecular weight is 486 g/mol. The molecule has 35 heavy (non-hydrogen) atoms. The minimum atomic E-state index is -0.455. The van der Waals surface area contributed by atoms with Gasteiger partial charge in [-0.1, -0.05) is 66.2 Å². The summed E-state index contributed by atoms with van der Waals surface area (Å²) in [5.74, 6) is 1.11. The van der Waals surface area contributed by atoms with Gasteiger partial charge in [0.15, 0.2) is 0 Å². The summed E-state index contributed by atoms with van der Waals surface area (Å²) in [6.45, 7) is 2.71. The number of anilines is 1. The first-order valence-corrected chi connectivity index (χ1v) is 11.6. The van der Waals surface area contributed by atoms with E-state index in [1.807, 2.05) is 85.8 Å². The molecule has 176 valence electrons. The highest BCUT2D eigenvalue weighted by Crippen LogP contribution is 2.36. The largest absolute Gasteiger partial charge is 0.489 e. The SMILES string of the molecule is CC1=C(C(=O)NCc2ccccc2)[C@@H](c2cccc(OCc3ccc(Cl)cc3)c2)n2ncnc2N1. The van der Waals surface area contributed by atoms with Crippen molar-refractivity contribution in [2.24, 2.45) is 0 Å². The number of nitrogens with one attached hydrogen (secondary N) is 2. The second kappa shape index (κ2) is 10.0. The second-order valence-electron chi connectivity index (χ2n) is 8.25. The van der Waals surface area contributed by atoms with Crippen LogP contribution in [0.5, 0.6) is 5.75 Å². The van der Waals surface area contributed by atoms with Gasteiger partial charge >= 0.3 is 0 Å². The lowest BCUT2D eigenvalue weighted by Gasteiger charge is -2.29. The standard InChI is InChI=1S/C27H24ClN5O2/c1-18-24(26(34)29-15-19-6-3-2-4-7-19)25(33-27(32-18)30-17-31-33)21-8-5-9-23(14-21)35-16-20-10-12-22(28)13-11-20/h2-14,17,25H,15-16H2,1H3,(H,29,34)(H,30,31,32)/t25-/m1/s1. The van der Waals surface area contributed by atoms with Gasteiger partial charge in [-0.2, -0.15) is 10.1 Å². The molecule has 8 heteroatoms. The fourth-order valence-corrected chi connectivity index (χ4v) is 4.21. The van der Waals surface area contributed by atoms with E-state index in [4.69, 9.17) is 16.3 Å². The molecule has 1 aromatic heterocycles. The fourth-order valence-electron chi connectivity index (χ4n) is 4.09. The molecule has 0 unspecified atom stereocenters. The summed E-state index contributed by atoms with van der Waals surface area (Å²) in [7, 11) is 0. The molecule has 0 saturated carbocycles. The smallest absolute Gasteiger partial charge is 0.251 e. The predicted molar refractivity (Wildman–Crippen MR) is 135 cm³/mol. The van der Waals surface area contributed by atoms with Crippen molar-refractivity contribution in [3.8, 4) is 5.75 Å². The van der Waals surface area contributed by atoms with Crippen LogP contribution in [0.15, 0.2) is 96.5 Å². The normalized spacial score (nSPS) is 14.7. The number of carbonyl (C=O) groups is 1. The molecule has 0 saturated heterocycles. The van der Waals surface area contributed by atoms with Gasteiger partial charge in [0.05, 0.1) is 5.57 Å². The lowest BCUT2D eigenvalue weighted by atomic mass is 9.95. The third kappa shape index (κ3) is 5.05. The van der Waals surface area contributed by atoms with E-state index >= 15 is 0 Å². The quantitative estimate of drug-likeness (QED) is 0.380. The number of fused-ring (bicyclic) bond motifs is 1. The highest BCUT2D eigenvalue weighted by Gasteiger charge is 2.33. The van der Waals surface area contributed by atoms with Crippen LogP contribution in [0.3, 0.4) is 0 Å². The van der Waals surface area contributed by atoms with Crippen LogP contribution < -0.4 is 15.4 Å². The molecular formula is C27H24ClN5O2. The summed E-state index contributed by atoms with van der Waals surface area (Å²) in [6, 6.07) is 24.6. The first kappa shape index (κ1) is 22.7. The van der Waals surface area contributed by atoms with E-state index in [1.54, 1.807) is 4.68 Å². The third-order valence-corrected chi connectivity index (χ3v) is 6.08. The molecule has 3 aromatic carbocycles. The first-order valence-electron chi connectivity index (χ1n) is 11.2. The summed E-state index contributed by atoms with van der Waals surface area (Å²) in [6.07, 6.45) is 1.48. The Morgan fingerprint density at radius 3 is 2.66 bits per heavy atom. The maximum absolute atomic E-state index is 13.4. The van der Waals surface area contributed by atoms with E-state index in [2.05, 4.69) is 20.7 Å². The molecule has 7 nitrogen and oxygen atoms in total. The number of amides is 1. The Balaban J connectivity index is 1.41. The summed E-state index contributed by atoms with van der Waals surface area (Å²) in [4.78, 5) is 17.7. The zero-order valence-corrected chi connectivity index (χ0v) is 19.9. The average Bonchev–Trinajstić information content (AvgIpc) is 3.35. The first-order chi connectivity index (χ1) is 17.1. The molecule has 0 fully saturated rings. The molecule has 0 spiro atoms. The summed E-state index contributed by atoms with van der Waals surface area (Å²) in [5, 5.41) is 11.3. The summed E-state index contributed by atoms with van der Waals surface area (Å²) in [5.41, 5.74) is 4.22. The van der Waals surface area contributed by atoms with Gasteiger partial charge in [-0.25, -0.2) is 4.68 Å². The molecule has 2 heterocycles. The number of benzene rings is 3. The minimum absolute atomic E-state index is 0.169. The number of nitrogens with zero attached hydrogens (tertiary/aromatic N) is 3. The minimum Gasteiger partial charge on any atom is -0.489 e. The van der Waals surface area contributed by atoms with Crippen molar-refractivity contribution in [1.82, 2.24) is 20.1 Å². The van der Waals surface area contributed by atoms with Crippen LogP contribution in [0.1, 0.15) is 29.7 Å². The Bertz CT molecular complexity index is 1370. The Morgan fingerprint density at radius 2 is 1.86 bits per heavy atom. The Morgan fingerprint density at radius 1 is 1.06 bits per heavy atom. The molecule has 0 radical (unpaired) electrons. The van der Waals surface area contributed by atoms with Gasteiger partial charge in [-0.05, 0) is 47.9 Å². The van der Waals surface area contributed by atoms with Crippen molar-refractivity contribution in [2.75, 3.05) is 5.32 Å². The number of halogens is 1. The molecule has 0 bridgehead atoms. The van der Waals surface area contributed by atoms with Crippen LogP contribution in [0, 0.1) is 0 Å². The van der Waals surface area contributed by atoms with Crippen LogP contribution in [0.25, 0.3) is 0 Å². The molecule has 1 aliphatic rings. The Kier molecular flexibility index (Phi) is 6.50. The number of allylic oxidation sites excluding steroid dienone is 1. The number of hydrogen-bond donors (Lipinski definition) is 2. The van der Waals surface area contributed by atoms with E-state index in [0.717, 1.165) is 22.4 Å². The molecule has 5 rings (SSSR count). The van der Waals surface area contributed by atoms with Crippen molar-refractivity contribution < 1.29 is 9.53 Å². The lowest BCUT2D eigenvalue weighted by molar-refractivity contribution is -0.118. The van der Waals surface area contributed by atoms with Crippen molar-refractivity contribution in [2.45, 2.75) is 26.1 Å². The van der Waals surface area contributed by atoms with E-state index in [0.29, 0.717) is 35.4 Å². The van der Waals surface area contributed by atoms with Gasteiger partial charge in [-0.15, -0.1) is 0 Å². The van der Waals surface area contributed by atoms with Gasteiger partial charge in [0, 0.05) is 17.3 Å². The van der Waals surface area contributed by atoms with Gasteiger partial charge in [0.25, 0.3) is 5.91 Å². The topological polar surface area (TPSA) is 81.1 Å². The van der Waals surface area contributed by atoms with Crippen molar-refractivity contribution in [3.05, 3.63) is 118 Å². The van der Waals surface area contributed by atoms with E-state index in [-0.39, 0.29) is 5.91 Å². The fraction of sp³-hybridized carbons (Fsp3) is 0.148. The molecule has 1 atom stereocenters. The lowest BCUT2D eigenvalue weighted by Crippen LogP contribution is -2.34. The summed E-state index contributed by atoms with van der Waals surface area (Å²) < 4.78 is 7.77. The molecule has 4 aromatic rings. The van der Waals surface area contributed by atoms with Gasteiger partial charge in [-0.3, -0.25) is 4.79 Å². The summed E-state index contributed by atoms with van der Waals surface area (Å²) >= 11 is 5.98. The number of ether oxygens (including phenoxy) is 1. The van der Waals surface area contributed by atoms with E-state index in [1.165, 1.54) is 6.33 Å². The number of hydrogen-bond acceptors (Lipinski definition) is 5. The monoisotopic (exact) mass is 485 g/mol. The van der Waals surface area contributed by atoms with Crippen LogP contribution in [-0.2, 0) is 17.9 Å². The van der Waals surface area contributed by atoms with Crippen molar-refractivity contribution >= 4 is 23.5 Å². The molecule has 2 N–H and O–H groups in total. The number of carbonyl (C=O) groups excluding carboxylic acids is 1. The van der Waals surface area contributed by atoms with Crippen LogP contribution in [0.4, 0.5) is 5.95 Å². The van der Waals surface area contributed by atoms with Gasteiger partial charge < -0.3 is 15.4 Å². The second-order valence-corrected chi connectivity index (χ2v) is 8.69. The van der Waals surface area contributed by atoms with E-state index in [9.17, 15) is 4.79 Å². The molecule has 0 aliphatic carbocycles. The van der Waals surface area contributed by atoms with Crippen LogP contribution >= 0.6 is 11.6 Å². The van der Waals surface area contributed by atoms with Crippen molar-refractivity contribution in [3.63, 3.8) is 0 Å². The van der Waals surface area contributed by atoms with Crippen LogP contribution in [0.2, 0.25) is 5.02 Å². The maximum Gasteiger partial charge on any atom is 0.251 e. The van der Waals surface area contributed by atoms with Gasteiger partial charge in [0.2, 0.25) is 5.95 Å². The zero-order valence-electron chi connectivity index (χ0n) is 19.1. The predicted octanol–water partition coefficient (Wildman–Crippen LogP) is 5.12. The van der Waals surface area contributed by atoms with Crippen LogP contribution in [-0.4, -0.2) is 20.7 Å². The highest BCUT2D eigenvalue weighted by molar-refractivity contribution is 6.30. The van der Waals surface area contributed by atoms with E-state index < -0.39 is 6.04 Å². The Hall–Kier alpha value is -4.10. The number of rotatable bonds is 7. The molecule has 1 amide bonds. The highest BCUT2D eigenvalue weighted by atomic mass is 35.5. The Labute approximate surface area is 208 Å². The molecular weight excluding hydrogens is 462 g/mol. The maximum atomic E-state index is 13.4. The van der Waals surface area contributed by atoms with Crippen molar-refractivity contribution in [1.29, 1.82) is 0 Å². The third-order valence-electron chi connectivity index (χ3n) is 5.83.